The molecule has 1 fully saturated rings. The molecule has 0 radical (unpaired) electrons. The van der Waals surface area contributed by atoms with Crippen molar-refractivity contribution >= 4 is 28.3 Å². The van der Waals surface area contributed by atoms with Crippen molar-refractivity contribution in [3.05, 3.63) is 35.6 Å². The van der Waals surface area contributed by atoms with Crippen molar-refractivity contribution < 1.29 is 9.18 Å². The predicted molar refractivity (Wildman–Crippen MR) is 80.3 cm³/mol. The lowest BCUT2D eigenvalue weighted by Crippen LogP contribution is -2.25. The summed E-state index contributed by atoms with van der Waals surface area (Å²) in [6, 6.07) is 6.42. The molecule has 1 aromatic rings. The number of amidine groups is 1. The zero-order valence-corrected chi connectivity index (χ0v) is 11.9. The van der Waals surface area contributed by atoms with E-state index in [9.17, 15) is 9.18 Å². The molecular weight excluding hydrogens is 293 g/mol. The second kappa shape index (κ2) is 6.33. The number of hydrazine groups is 1. The topological polar surface area (TPSA) is 77.9 Å². The van der Waals surface area contributed by atoms with Crippen LogP contribution in [0.2, 0.25) is 0 Å². The summed E-state index contributed by atoms with van der Waals surface area (Å²) < 4.78 is 13.0. The Balaban J connectivity index is 1.61. The van der Waals surface area contributed by atoms with E-state index in [0.717, 1.165) is 17.3 Å². The van der Waals surface area contributed by atoms with E-state index < -0.39 is 0 Å². The molecule has 2 unspecified atom stereocenters. The van der Waals surface area contributed by atoms with Gasteiger partial charge in [0.25, 0.3) is 0 Å². The van der Waals surface area contributed by atoms with Crippen LogP contribution in [0.5, 0.6) is 0 Å². The van der Waals surface area contributed by atoms with Gasteiger partial charge in [-0.05, 0) is 29.5 Å². The van der Waals surface area contributed by atoms with Crippen LogP contribution >= 0.6 is 11.8 Å². The summed E-state index contributed by atoms with van der Waals surface area (Å²) in [5.41, 5.74) is 9.97. The van der Waals surface area contributed by atoms with Crippen molar-refractivity contribution in [1.29, 1.82) is 0 Å². The fourth-order valence-corrected chi connectivity index (χ4v) is 2.78. The zero-order chi connectivity index (χ0) is 14.7. The lowest BCUT2D eigenvalue weighted by Gasteiger charge is -2.15. The summed E-state index contributed by atoms with van der Waals surface area (Å²) in [5.74, 6) is -0.136. The van der Waals surface area contributed by atoms with Gasteiger partial charge in [0, 0.05) is 18.7 Å². The number of aliphatic imine (C=N–C) groups is 1. The van der Waals surface area contributed by atoms with Gasteiger partial charge in [-0.1, -0.05) is 12.1 Å². The van der Waals surface area contributed by atoms with E-state index in [4.69, 9.17) is 0 Å². The van der Waals surface area contributed by atoms with Crippen molar-refractivity contribution in [2.75, 3.05) is 13.1 Å². The highest BCUT2D eigenvalue weighted by Crippen LogP contribution is 2.23. The number of thioether (sulfide) groups is 1. The van der Waals surface area contributed by atoms with Crippen LogP contribution in [0.15, 0.2) is 34.4 Å². The molecule has 3 rings (SSSR count). The Morgan fingerprint density at radius 1 is 1.43 bits per heavy atom. The Morgan fingerprint density at radius 2 is 2.24 bits per heavy atom. The first kappa shape index (κ1) is 14.2. The Hall–Kier alpha value is -1.77. The van der Waals surface area contributed by atoms with Crippen molar-refractivity contribution in [3.8, 4) is 0 Å². The summed E-state index contributed by atoms with van der Waals surface area (Å²) in [6.45, 7) is 0.916. The van der Waals surface area contributed by atoms with Gasteiger partial charge in [-0.15, -0.1) is 0 Å². The first-order chi connectivity index (χ1) is 10.2. The molecule has 2 aliphatic rings. The lowest BCUT2D eigenvalue weighted by molar-refractivity contribution is -0.109. The van der Waals surface area contributed by atoms with Crippen molar-refractivity contribution in [1.82, 2.24) is 16.3 Å². The molecule has 0 aliphatic carbocycles. The number of hydrazone groups is 1. The van der Waals surface area contributed by atoms with Crippen LogP contribution in [0, 0.1) is 11.7 Å². The minimum Gasteiger partial charge on any atom is -0.285 e. The number of rotatable bonds is 3. The fourth-order valence-electron chi connectivity index (χ4n) is 2.21. The van der Waals surface area contributed by atoms with Crippen LogP contribution in [0.4, 0.5) is 4.39 Å². The second-order valence-corrected chi connectivity index (χ2v) is 5.75. The van der Waals surface area contributed by atoms with Crippen LogP contribution in [0.3, 0.4) is 0 Å². The third-order valence-electron chi connectivity index (χ3n) is 3.24. The Bertz CT molecular complexity index is 589. The van der Waals surface area contributed by atoms with E-state index >= 15 is 0 Å². The molecular formula is C13H14FN5OS. The molecule has 0 saturated carbocycles. The van der Waals surface area contributed by atoms with E-state index in [2.05, 4.69) is 26.4 Å². The van der Waals surface area contributed by atoms with E-state index in [1.165, 1.54) is 12.1 Å². The van der Waals surface area contributed by atoms with Gasteiger partial charge in [-0.25, -0.2) is 9.82 Å². The van der Waals surface area contributed by atoms with Gasteiger partial charge in [0.05, 0.1) is 6.04 Å². The molecule has 110 valence electrons. The number of hydrogen-bond acceptors (Lipinski definition) is 7. The van der Waals surface area contributed by atoms with Crippen LogP contribution in [-0.2, 0) is 4.79 Å². The third kappa shape index (κ3) is 3.46. The van der Waals surface area contributed by atoms with Crippen LogP contribution in [0.1, 0.15) is 11.6 Å². The van der Waals surface area contributed by atoms with E-state index in [-0.39, 0.29) is 29.4 Å². The minimum absolute atomic E-state index is 0.0149. The number of carbonyl (C=O) groups excluding carboxylic acids is 1. The molecule has 3 N–H and O–H groups in total. The molecule has 0 amide bonds. The smallest absolute Gasteiger partial charge is 0.218 e. The van der Waals surface area contributed by atoms with Crippen LogP contribution < -0.4 is 16.3 Å². The standard InChI is InChI=1S/C13H14FN5OS/c14-10-3-1-8(2-4-10)12-9(5-16-18-12)6-17-19-13-15-7-11(20)21-13/h1-4,6,9,12,16,18H,5,7H2,(H,15,19)/b17-6+. The third-order valence-corrected chi connectivity index (χ3v) is 4.01. The van der Waals surface area contributed by atoms with E-state index in [1.54, 1.807) is 18.3 Å². The molecule has 1 saturated heterocycles. The van der Waals surface area contributed by atoms with Gasteiger partial charge in [0.2, 0.25) is 5.12 Å². The van der Waals surface area contributed by atoms with Crippen LogP contribution in [-0.4, -0.2) is 29.6 Å². The summed E-state index contributed by atoms with van der Waals surface area (Å²) >= 11 is 1.06. The number of halogens is 1. The SMILES string of the molecule is O=C1CN=C(N/N=C/C2CNNC2c2ccc(F)cc2)S1. The summed E-state index contributed by atoms with van der Waals surface area (Å²) in [6.07, 6.45) is 1.77. The maximum absolute atomic E-state index is 13.0. The van der Waals surface area contributed by atoms with Gasteiger partial charge in [0.15, 0.2) is 5.17 Å². The molecule has 0 spiro atoms. The highest BCUT2D eigenvalue weighted by molar-refractivity contribution is 8.26. The predicted octanol–water partition coefficient (Wildman–Crippen LogP) is 0.796. The van der Waals surface area contributed by atoms with Gasteiger partial charge in [-0.2, -0.15) is 5.10 Å². The Morgan fingerprint density at radius 3 is 2.95 bits per heavy atom. The lowest BCUT2D eigenvalue weighted by atomic mass is 9.96. The minimum atomic E-state index is -0.252. The summed E-state index contributed by atoms with van der Waals surface area (Å²) in [4.78, 5) is 15.0. The number of carbonyl (C=O) groups is 1. The Kier molecular flexibility index (Phi) is 4.28. The second-order valence-electron chi connectivity index (χ2n) is 4.70. The average Bonchev–Trinajstić information content (AvgIpc) is 3.09. The molecule has 2 atom stereocenters. The normalized spacial score (nSPS) is 25.6. The molecule has 2 aliphatic heterocycles. The van der Waals surface area contributed by atoms with Crippen molar-refractivity contribution in [2.24, 2.45) is 16.0 Å². The number of nitrogens with zero attached hydrogens (tertiary/aromatic N) is 2. The zero-order valence-electron chi connectivity index (χ0n) is 11.0. The summed E-state index contributed by atoms with van der Waals surface area (Å²) in [5, 5.41) is 4.67. The first-order valence-corrected chi connectivity index (χ1v) is 7.32. The number of nitrogens with one attached hydrogen (secondary N) is 3. The van der Waals surface area contributed by atoms with Gasteiger partial charge < -0.3 is 0 Å². The monoisotopic (exact) mass is 307 g/mol. The molecule has 2 heterocycles. The number of benzene rings is 1. The maximum Gasteiger partial charge on any atom is 0.218 e. The number of hydrogen-bond donors (Lipinski definition) is 3. The van der Waals surface area contributed by atoms with E-state index in [0.29, 0.717) is 11.7 Å². The molecule has 8 heteroatoms. The van der Waals surface area contributed by atoms with Gasteiger partial charge in [0.1, 0.15) is 12.4 Å². The van der Waals surface area contributed by atoms with Crippen molar-refractivity contribution in [2.45, 2.75) is 6.04 Å². The van der Waals surface area contributed by atoms with Gasteiger partial charge in [-0.3, -0.25) is 20.6 Å². The summed E-state index contributed by atoms with van der Waals surface area (Å²) in [7, 11) is 0. The van der Waals surface area contributed by atoms with Gasteiger partial charge >= 0.3 is 0 Å². The van der Waals surface area contributed by atoms with Crippen molar-refractivity contribution in [3.63, 3.8) is 0 Å². The Labute approximate surface area is 125 Å². The largest absolute Gasteiger partial charge is 0.285 e. The quantitative estimate of drug-likeness (QED) is 0.569. The fraction of sp³-hybridized carbons (Fsp3) is 0.308. The van der Waals surface area contributed by atoms with Crippen LogP contribution in [0.25, 0.3) is 0 Å². The maximum atomic E-state index is 13.0. The molecule has 1 aromatic carbocycles. The average molecular weight is 307 g/mol. The first-order valence-electron chi connectivity index (χ1n) is 6.50. The highest BCUT2D eigenvalue weighted by Gasteiger charge is 2.27. The molecule has 6 nitrogen and oxygen atoms in total. The molecule has 21 heavy (non-hydrogen) atoms. The van der Waals surface area contributed by atoms with E-state index in [1.807, 2.05) is 0 Å². The highest BCUT2D eigenvalue weighted by atomic mass is 32.2. The molecule has 0 aromatic heterocycles. The molecule has 0 bridgehead atoms.